The van der Waals surface area contributed by atoms with Crippen LogP contribution in [0.2, 0.25) is 0 Å². The molecule has 0 bridgehead atoms. The van der Waals surface area contributed by atoms with Crippen molar-refractivity contribution in [3.8, 4) is 11.3 Å². The van der Waals surface area contributed by atoms with Gasteiger partial charge < -0.3 is 5.32 Å². The third-order valence-corrected chi connectivity index (χ3v) is 6.50. The van der Waals surface area contributed by atoms with Crippen LogP contribution in [0.25, 0.3) is 22.0 Å². The summed E-state index contributed by atoms with van der Waals surface area (Å²) in [6.07, 6.45) is 10.4. The lowest BCUT2D eigenvalue weighted by atomic mass is 9.81. The lowest BCUT2D eigenvalue weighted by Crippen LogP contribution is -2.50. The van der Waals surface area contributed by atoms with Crippen LogP contribution in [-0.2, 0) is 11.8 Å². The molecule has 4 heterocycles. The highest BCUT2D eigenvalue weighted by molar-refractivity contribution is 5.94. The van der Waals surface area contributed by atoms with Crippen LogP contribution in [0.15, 0.2) is 36.9 Å². The highest BCUT2D eigenvalue weighted by Gasteiger charge is 2.31. The molecule has 0 spiro atoms. The molecule has 0 radical (unpaired) electrons. The Bertz CT molecular complexity index is 1080. The van der Waals surface area contributed by atoms with Gasteiger partial charge in [0.1, 0.15) is 12.0 Å². The minimum atomic E-state index is -0.646. The number of fused-ring (bicyclic) bond motifs is 1. The Morgan fingerprint density at radius 3 is 2.58 bits per heavy atom. The number of hydrogen-bond donors (Lipinski definition) is 1. The van der Waals surface area contributed by atoms with Crippen molar-refractivity contribution in [1.82, 2.24) is 24.6 Å². The number of halogens is 1. The van der Waals surface area contributed by atoms with E-state index < -0.39 is 6.17 Å². The number of nitrogens with one attached hydrogen (secondary N) is 1. The van der Waals surface area contributed by atoms with Crippen LogP contribution >= 0.6 is 0 Å². The van der Waals surface area contributed by atoms with Crippen molar-refractivity contribution in [2.24, 2.45) is 18.9 Å². The van der Waals surface area contributed by atoms with Crippen molar-refractivity contribution < 1.29 is 9.18 Å². The first kappa shape index (κ1) is 20.1. The number of pyridine rings is 2. The summed E-state index contributed by atoms with van der Waals surface area (Å²) >= 11 is 0. The predicted molar refractivity (Wildman–Crippen MR) is 117 cm³/mol. The number of aryl methyl sites for hydroxylation is 1. The largest absolute Gasteiger partial charge is 0.310 e. The van der Waals surface area contributed by atoms with Gasteiger partial charge in [0.05, 0.1) is 11.9 Å². The number of aromatic nitrogens is 4. The fraction of sp³-hybridized carbons (Fsp3) is 0.478. The lowest BCUT2D eigenvalue weighted by molar-refractivity contribution is -0.121. The molecule has 31 heavy (non-hydrogen) atoms. The molecule has 0 unspecified atom stereocenters. The van der Waals surface area contributed by atoms with E-state index >= 15 is 0 Å². The molecule has 8 heteroatoms. The molecule has 0 atom stereocenters. The van der Waals surface area contributed by atoms with Gasteiger partial charge in [-0.25, -0.2) is 9.37 Å². The average molecular weight is 423 g/mol. The van der Waals surface area contributed by atoms with Crippen LogP contribution in [0.4, 0.5) is 10.2 Å². The zero-order chi connectivity index (χ0) is 21.4. The number of hydrogen-bond acceptors (Lipinski definition) is 5. The first-order valence-corrected chi connectivity index (χ1v) is 11.0. The molecular weight excluding hydrogens is 395 g/mol. The summed E-state index contributed by atoms with van der Waals surface area (Å²) in [5, 5.41) is 9.11. The molecule has 1 amide bonds. The number of nitrogens with zero attached hydrogens (tertiary/aromatic N) is 5. The third kappa shape index (κ3) is 4.44. The summed E-state index contributed by atoms with van der Waals surface area (Å²) in [6, 6.07) is 3.89. The summed E-state index contributed by atoms with van der Waals surface area (Å²) in [5.41, 5.74) is 1.78. The minimum absolute atomic E-state index is 0.0162. The molecule has 162 valence electrons. The van der Waals surface area contributed by atoms with Gasteiger partial charge in [-0.1, -0.05) is 0 Å². The SMILES string of the molecule is Cn1cc(-c2cc3cc(NC(=O)C4CCC(CN5CC(F)C5)CC4)ncc3cn2)cn1. The van der Waals surface area contributed by atoms with E-state index in [-0.39, 0.29) is 11.8 Å². The number of carbonyl (C=O) groups is 1. The smallest absolute Gasteiger partial charge is 0.228 e. The normalized spacial score (nSPS) is 22.4. The van der Waals surface area contributed by atoms with Crippen molar-refractivity contribution in [3.63, 3.8) is 0 Å². The van der Waals surface area contributed by atoms with E-state index in [2.05, 4.69) is 25.3 Å². The highest BCUT2D eigenvalue weighted by Crippen LogP contribution is 2.31. The maximum atomic E-state index is 13.0. The second-order valence-electron chi connectivity index (χ2n) is 8.91. The van der Waals surface area contributed by atoms with Crippen molar-refractivity contribution in [1.29, 1.82) is 0 Å². The fourth-order valence-electron chi connectivity index (χ4n) is 4.67. The standard InChI is InChI=1S/C23H27FN6O/c1-29-12-19(10-27-29)21-6-17-7-22(26-9-18(17)8-25-21)28-23(31)16-4-2-15(3-5-16)11-30-13-20(24)14-30/h6-10,12,15-16,20H,2-5,11,13-14H2,1H3,(H,26,28,31). The third-order valence-electron chi connectivity index (χ3n) is 6.50. The number of alkyl halides is 1. The van der Waals surface area contributed by atoms with Crippen LogP contribution in [0.5, 0.6) is 0 Å². The van der Waals surface area contributed by atoms with E-state index in [9.17, 15) is 9.18 Å². The van der Waals surface area contributed by atoms with Crippen LogP contribution in [0.1, 0.15) is 25.7 Å². The van der Waals surface area contributed by atoms with Gasteiger partial charge >= 0.3 is 0 Å². The van der Waals surface area contributed by atoms with Gasteiger partial charge in [-0.3, -0.25) is 19.4 Å². The molecule has 3 aromatic rings. The Kier molecular flexibility index (Phi) is 5.40. The molecule has 2 fully saturated rings. The zero-order valence-electron chi connectivity index (χ0n) is 17.7. The maximum Gasteiger partial charge on any atom is 0.228 e. The molecule has 2 aliphatic rings. The molecule has 1 saturated carbocycles. The Hall–Kier alpha value is -2.87. The minimum Gasteiger partial charge on any atom is -0.310 e. The van der Waals surface area contributed by atoms with Gasteiger partial charge in [0, 0.05) is 62.1 Å². The van der Waals surface area contributed by atoms with E-state index in [0.717, 1.165) is 54.3 Å². The summed E-state index contributed by atoms with van der Waals surface area (Å²) in [7, 11) is 1.87. The first-order chi connectivity index (χ1) is 15.0. The number of amides is 1. The molecule has 1 aliphatic heterocycles. The van der Waals surface area contributed by atoms with Gasteiger partial charge in [0.2, 0.25) is 5.91 Å². The van der Waals surface area contributed by atoms with Gasteiger partial charge in [-0.15, -0.1) is 0 Å². The predicted octanol–water partition coefficient (Wildman–Crippen LogP) is 3.43. The molecule has 1 saturated heterocycles. The molecular formula is C23H27FN6O. The van der Waals surface area contributed by atoms with E-state index in [1.54, 1.807) is 23.3 Å². The number of carbonyl (C=O) groups excluding carboxylic acids is 1. The van der Waals surface area contributed by atoms with Gasteiger partial charge in [-0.2, -0.15) is 5.10 Å². The molecule has 3 aromatic heterocycles. The monoisotopic (exact) mass is 422 g/mol. The number of anilines is 1. The Morgan fingerprint density at radius 1 is 1.10 bits per heavy atom. The maximum absolute atomic E-state index is 13.0. The molecule has 1 aliphatic carbocycles. The Labute approximate surface area is 180 Å². The van der Waals surface area contributed by atoms with Crippen LogP contribution in [0.3, 0.4) is 0 Å². The summed E-state index contributed by atoms with van der Waals surface area (Å²) in [5.74, 6) is 1.20. The van der Waals surface area contributed by atoms with E-state index in [1.807, 2.05) is 25.4 Å². The average Bonchev–Trinajstić information content (AvgIpc) is 3.19. The molecule has 5 rings (SSSR count). The van der Waals surface area contributed by atoms with Crippen LogP contribution in [0, 0.1) is 11.8 Å². The van der Waals surface area contributed by atoms with Gasteiger partial charge in [0.25, 0.3) is 0 Å². The second kappa shape index (κ2) is 8.34. The first-order valence-electron chi connectivity index (χ1n) is 11.0. The summed E-state index contributed by atoms with van der Waals surface area (Å²) in [6.45, 7) is 2.12. The Balaban J connectivity index is 1.21. The van der Waals surface area contributed by atoms with Crippen molar-refractivity contribution in [2.45, 2.75) is 31.9 Å². The van der Waals surface area contributed by atoms with Crippen LogP contribution < -0.4 is 5.32 Å². The Morgan fingerprint density at radius 2 is 1.87 bits per heavy atom. The quantitative estimate of drug-likeness (QED) is 0.682. The number of likely N-dealkylation sites (tertiary alicyclic amines) is 1. The summed E-state index contributed by atoms with van der Waals surface area (Å²) in [4.78, 5) is 23.9. The molecule has 1 N–H and O–H groups in total. The van der Waals surface area contributed by atoms with E-state index in [0.29, 0.717) is 24.8 Å². The van der Waals surface area contributed by atoms with Crippen LogP contribution in [-0.4, -0.2) is 56.4 Å². The van der Waals surface area contributed by atoms with E-state index in [4.69, 9.17) is 0 Å². The number of rotatable bonds is 5. The van der Waals surface area contributed by atoms with E-state index in [1.165, 1.54) is 0 Å². The zero-order valence-corrected chi connectivity index (χ0v) is 17.7. The molecule has 0 aromatic carbocycles. The van der Waals surface area contributed by atoms with Crippen molar-refractivity contribution in [2.75, 3.05) is 25.0 Å². The van der Waals surface area contributed by atoms with Crippen molar-refractivity contribution >= 4 is 22.5 Å². The van der Waals surface area contributed by atoms with Gasteiger partial charge in [0.15, 0.2) is 0 Å². The summed E-state index contributed by atoms with van der Waals surface area (Å²) < 4.78 is 14.7. The lowest BCUT2D eigenvalue weighted by Gasteiger charge is -2.38. The van der Waals surface area contributed by atoms with Crippen molar-refractivity contribution in [3.05, 3.63) is 36.9 Å². The second-order valence-corrected chi connectivity index (χ2v) is 8.91. The fourth-order valence-corrected chi connectivity index (χ4v) is 4.67. The van der Waals surface area contributed by atoms with Gasteiger partial charge in [-0.05, 0) is 49.1 Å². The highest BCUT2D eigenvalue weighted by atomic mass is 19.1. The molecule has 7 nitrogen and oxygen atoms in total. The topological polar surface area (TPSA) is 75.9 Å².